The van der Waals surface area contributed by atoms with Gasteiger partial charge in [-0.3, -0.25) is 4.90 Å². The summed E-state index contributed by atoms with van der Waals surface area (Å²) in [5.74, 6) is 1.03. The topological polar surface area (TPSA) is 222 Å². The maximum absolute atomic E-state index is 13.1. The van der Waals surface area contributed by atoms with Gasteiger partial charge in [0.2, 0.25) is 0 Å². The third kappa shape index (κ3) is 20.1. The van der Waals surface area contributed by atoms with Crippen LogP contribution in [0.15, 0.2) is 120 Å². The number of hydrogen-bond donors (Lipinski definition) is 5. The average Bonchev–Trinajstić information content (AvgIpc) is 2.75. The van der Waals surface area contributed by atoms with E-state index in [4.69, 9.17) is 41.4 Å². The Morgan fingerprint density at radius 2 is 1.16 bits per heavy atom. The Balaban J connectivity index is 0.000000184. The quantitative estimate of drug-likeness (QED) is 0.0164. The number of fused-ring (bicyclic) bond motifs is 4. The molecule has 0 unspecified atom stereocenters. The molecule has 2 aromatic heterocycles. The highest BCUT2D eigenvalue weighted by molar-refractivity contribution is 14.1. The second-order valence-corrected chi connectivity index (χ2v) is 26.7. The number of ether oxygens (including phenoxy) is 6. The second-order valence-electron chi connectivity index (χ2n) is 22.5. The summed E-state index contributed by atoms with van der Waals surface area (Å²) in [6.45, 7) is 13.5. The third-order valence-corrected chi connectivity index (χ3v) is 18.6. The van der Waals surface area contributed by atoms with Gasteiger partial charge in [0.1, 0.15) is 23.4 Å². The first-order chi connectivity index (χ1) is 41.4. The molecular formula is C62H75Br4IN4O14S. The number of aliphatic hydroxyl groups excluding tert-OH is 2. The zero-order chi connectivity index (χ0) is 61.3. The molecular weight excluding hydrogens is 1500 g/mol. The van der Waals surface area contributed by atoms with Crippen LogP contribution in [0.25, 0.3) is 21.9 Å². The van der Waals surface area contributed by atoms with Crippen LogP contribution in [0.5, 0.6) is 0 Å². The van der Waals surface area contributed by atoms with Crippen molar-refractivity contribution in [3.63, 3.8) is 0 Å². The Morgan fingerprint density at radius 3 is 1.66 bits per heavy atom. The molecule has 4 aromatic carbocycles. The van der Waals surface area contributed by atoms with Gasteiger partial charge in [0.25, 0.3) is 0 Å². The van der Waals surface area contributed by atoms with Crippen LogP contribution in [0.3, 0.4) is 0 Å². The molecule has 0 radical (unpaired) electrons. The summed E-state index contributed by atoms with van der Waals surface area (Å²) in [6, 6.07) is 30.6. The zero-order valence-electron chi connectivity index (χ0n) is 48.3. The van der Waals surface area contributed by atoms with Gasteiger partial charge in [-0.05, 0) is 123 Å². The minimum atomic E-state index is -0.825. The molecule has 10 atom stereocenters. The lowest BCUT2D eigenvalue weighted by Gasteiger charge is -2.31. The molecule has 86 heavy (non-hydrogen) atoms. The van der Waals surface area contributed by atoms with E-state index in [0.717, 1.165) is 102 Å². The van der Waals surface area contributed by atoms with Crippen LogP contribution in [-0.2, 0) is 62.7 Å². The van der Waals surface area contributed by atoms with E-state index in [1.165, 1.54) is 0 Å². The molecule has 24 heteroatoms. The lowest BCUT2D eigenvalue weighted by atomic mass is 10.00. The summed E-state index contributed by atoms with van der Waals surface area (Å²) in [7, 11) is 0. The normalized spacial score (nSPS) is 21.0. The van der Waals surface area contributed by atoms with Crippen molar-refractivity contribution in [1.29, 1.82) is 0 Å². The number of alkyl halides is 2. The molecule has 4 aliphatic rings. The molecule has 6 aromatic rings. The second kappa shape index (κ2) is 34.2. The average molecular weight is 1580 g/mol. The predicted molar refractivity (Wildman–Crippen MR) is 352 cm³/mol. The molecule has 5 N–H and O–H groups in total. The summed E-state index contributed by atoms with van der Waals surface area (Å²) in [6.07, 6.45) is -1.19. The molecule has 4 saturated heterocycles. The zero-order valence-corrected chi connectivity index (χ0v) is 57.6. The molecule has 0 spiro atoms. The maximum Gasteiger partial charge on any atom is 0.407 e. The molecule has 4 aliphatic heterocycles. The van der Waals surface area contributed by atoms with Crippen molar-refractivity contribution in [1.82, 2.24) is 20.9 Å². The number of benzene rings is 4. The van der Waals surface area contributed by atoms with Gasteiger partial charge in [-0.2, -0.15) is 0 Å². The van der Waals surface area contributed by atoms with Gasteiger partial charge in [-0.25, -0.2) is 14.4 Å². The highest BCUT2D eigenvalue weighted by Crippen LogP contribution is 2.37. The van der Waals surface area contributed by atoms with Gasteiger partial charge >= 0.3 is 16.2 Å². The van der Waals surface area contributed by atoms with E-state index >= 15 is 0 Å². The number of alkyl carbamates (subject to hydrolysis) is 2. The number of aliphatic hydroxyl groups is 2. The summed E-state index contributed by atoms with van der Waals surface area (Å²) >= 11 is 16.5. The maximum atomic E-state index is 13.1. The molecule has 10 rings (SSSR count). The number of furan rings is 2. The summed E-state index contributed by atoms with van der Waals surface area (Å²) in [5, 5.41) is 34.8. The lowest BCUT2D eigenvalue weighted by Crippen LogP contribution is -2.50. The Bertz CT molecular complexity index is 3110. The number of halogens is 5. The molecule has 6 heterocycles. The van der Waals surface area contributed by atoms with Gasteiger partial charge in [0, 0.05) is 63.6 Å². The van der Waals surface area contributed by atoms with Crippen LogP contribution in [0.4, 0.5) is 14.4 Å². The molecule has 468 valence electrons. The van der Waals surface area contributed by atoms with Crippen LogP contribution in [0, 0.1) is 23.7 Å². The number of amides is 2. The van der Waals surface area contributed by atoms with Crippen molar-refractivity contribution < 1.29 is 66.0 Å². The molecule has 0 aliphatic carbocycles. The first-order valence-electron chi connectivity index (χ1n) is 28.8. The van der Waals surface area contributed by atoms with E-state index in [9.17, 15) is 24.6 Å². The monoisotopic (exact) mass is 1570 g/mol. The van der Waals surface area contributed by atoms with E-state index < -0.39 is 36.5 Å². The van der Waals surface area contributed by atoms with Crippen molar-refractivity contribution in [3.05, 3.63) is 134 Å². The number of nitrogens with zero attached hydrogens (tertiary/aromatic N) is 1. The van der Waals surface area contributed by atoms with Crippen LogP contribution < -0.4 is 16.0 Å². The number of carbonyl (C=O) groups is 3. The minimum Gasteiger partial charge on any atom is -0.449 e. The lowest BCUT2D eigenvalue weighted by molar-refractivity contribution is -0.0909. The number of hydrogen-bond acceptors (Lipinski definition) is 17. The van der Waals surface area contributed by atoms with Crippen LogP contribution in [-0.4, -0.2) is 133 Å². The fraction of sp³-hybridized carbons (Fsp3) is 0.500. The Morgan fingerprint density at radius 1 is 0.651 bits per heavy atom. The molecule has 18 nitrogen and oxygen atoms in total. The summed E-state index contributed by atoms with van der Waals surface area (Å²) < 4.78 is 50.9. The number of nitrogens with one attached hydrogen (secondary N) is 3. The Labute approximate surface area is 553 Å². The summed E-state index contributed by atoms with van der Waals surface area (Å²) in [5.41, 5.74) is 6.95. The fourth-order valence-electron chi connectivity index (χ4n) is 10.8. The van der Waals surface area contributed by atoms with Crippen LogP contribution >= 0.6 is 98.4 Å². The van der Waals surface area contributed by atoms with Crippen molar-refractivity contribution in [3.8, 4) is 0 Å². The van der Waals surface area contributed by atoms with E-state index in [-0.39, 0.29) is 40.6 Å². The van der Waals surface area contributed by atoms with Gasteiger partial charge in [-0.15, -0.1) is 0 Å². The van der Waals surface area contributed by atoms with Gasteiger partial charge in [0.05, 0.1) is 97.2 Å². The molecule has 0 saturated carbocycles. The molecule has 4 fully saturated rings. The van der Waals surface area contributed by atoms with Crippen molar-refractivity contribution in [2.45, 2.75) is 125 Å². The van der Waals surface area contributed by atoms with Crippen molar-refractivity contribution >= 4 is 136 Å². The van der Waals surface area contributed by atoms with Crippen molar-refractivity contribution in [2.75, 3.05) is 52.6 Å². The standard InChI is InChI=1S/C31H38Br2N2O6.C21H32N2O5.C10H5Br2IO3S/c1-19(2)15-35(16-21-8-9-27-23(12-21)24(14-32)29(33)40-27)17-26(36)25(13-20-6-4-3-5-7-20)34-31(37)41-28-18-39-30-22(28)10-11-38-30;1-14(2)11-22-12-18(24)17(10-15-6-4-3-5-7-15)23-21(25)28-19-13-27-20-16(19)8-9-26-20;11-4-7-6-3-5(17-16-10(13)14)1-2-8(6)15-9(7)12/h3-9,12,19,22,25-26,28,30,36H,10-11,13-18H2,1-2H3,(H,34,37);3-7,14,16-20,22,24H,8-13H2,1-2H3,(H,23,25);1-3H,4H2/t22-,25-,26+,28-,30+;16-,17-,18+,19-,20+;/m00./s1. The number of rotatable bonds is 24. The minimum absolute atomic E-state index is 0.0537. The highest BCUT2D eigenvalue weighted by Gasteiger charge is 2.45. The van der Waals surface area contributed by atoms with Gasteiger partial charge < -0.3 is 67.6 Å². The third-order valence-electron chi connectivity index (χ3n) is 15.0. The first-order valence-corrected chi connectivity index (χ1v) is 34.4. The van der Waals surface area contributed by atoms with Gasteiger partial charge in [-0.1, -0.05) is 126 Å². The van der Waals surface area contributed by atoms with E-state index in [1.54, 1.807) is 22.6 Å². The predicted octanol–water partition coefficient (Wildman–Crippen LogP) is 13.4. The smallest absolute Gasteiger partial charge is 0.407 e. The van der Waals surface area contributed by atoms with E-state index in [0.29, 0.717) is 81.4 Å². The number of carbonyl (C=O) groups excluding carboxylic acids is 3. The first kappa shape index (κ1) is 68.6. The van der Waals surface area contributed by atoms with E-state index in [2.05, 4.69) is 124 Å². The van der Waals surface area contributed by atoms with Crippen LogP contribution in [0.1, 0.15) is 68.4 Å². The highest BCUT2D eigenvalue weighted by atomic mass is 127. The van der Waals surface area contributed by atoms with E-state index in [1.807, 2.05) is 84.9 Å². The summed E-state index contributed by atoms with van der Waals surface area (Å²) in [4.78, 5) is 39.4. The van der Waals surface area contributed by atoms with Crippen molar-refractivity contribution in [2.24, 2.45) is 23.7 Å². The van der Waals surface area contributed by atoms with Crippen LogP contribution in [0.2, 0.25) is 0 Å². The molecule has 2 amide bonds. The van der Waals surface area contributed by atoms with Gasteiger partial charge in [0.15, 0.2) is 21.9 Å². The largest absolute Gasteiger partial charge is 0.449 e. The molecule has 0 bridgehead atoms. The fourth-order valence-corrected chi connectivity index (χ4v) is 14.5. The Hall–Kier alpha value is -3.35. The Kier molecular flexibility index (Phi) is 27.2. The SMILES string of the molecule is CC(C)CN(Cc1ccc2oc(Br)c(CBr)c2c1)C[C@@H](O)[C@H](Cc1ccccc1)NC(=O)O[C@H]1CO[C@H]2OCC[C@H]21.CC(C)CNC[C@@H](O)[C@H](Cc1ccccc1)NC(=O)O[C@H]1CO[C@H]2OCC[C@H]21.O=C(I)OSc1ccc2oc(Br)c(CBr)c2c1.